The molecule has 1 atom stereocenters. The molecular weight excluding hydrogens is 436 g/mol. The SMILES string of the molecule is CC(c1ccccc1)c1cccc2c1-c1c(Cl)cc3oc(=O)c4ccc(cc4)c(=O)oc3c1-2. The molecule has 4 aromatic carbocycles. The molecule has 5 heteroatoms. The van der Waals surface area contributed by atoms with Gasteiger partial charge in [0.05, 0.1) is 15.8 Å². The standard InChI is InChI=1S/C28H17ClO4/c1-15(16-6-3-2-4-7-16)19-8-5-9-20-23(19)25-21(29)14-22-26(24(20)25)33-28(31)18-12-10-17(11-13-18)27(30)32-22/h2-15H,1H3. The molecule has 4 nitrogen and oxygen atoms in total. The van der Waals surface area contributed by atoms with Gasteiger partial charge in [-0.1, -0.05) is 67.1 Å². The first-order valence-corrected chi connectivity index (χ1v) is 11.0. The predicted molar refractivity (Wildman–Crippen MR) is 131 cm³/mol. The normalized spacial score (nSPS) is 12.7. The van der Waals surface area contributed by atoms with E-state index in [1.165, 1.54) is 5.56 Å². The monoisotopic (exact) mass is 452 g/mol. The molecule has 7 rings (SSSR count). The van der Waals surface area contributed by atoms with Crippen LogP contribution in [0.5, 0.6) is 0 Å². The molecule has 0 spiro atoms. The van der Waals surface area contributed by atoms with E-state index in [-0.39, 0.29) is 17.1 Å². The van der Waals surface area contributed by atoms with Gasteiger partial charge in [-0.3, -0.25) is 0 Å². The molecule has 0 amide bonds. The third-order valence-corrected chi connectivity index (χ3v) is 6.63. The van der Waals surface area contributed by atoms with Crippen LogP contribution in [0.15, 0.2) is 97.3 Å². The number of hydrogen-bond donors (Lipinski definition) is 0. The molecule has 1 aliphatic carbocycles. The molecule has 0 radical (unpaired) electrons. The second-order valence-corrected chi connectivity index (χ2v) is 8.60. The van der Waals surface area contributed by atoms with Gasteiger partial charge in [0.1, 0.15) is 0 Å². The predicted octanol–water partition coefficient (Wildman–Crippen LogP) is 6.91. The fourth-order valence-electron chi connectivity index (χ4n) is 4.62. The molecule has 160 valence electrons. The Morgan fingerprint density at radius 2 is 1.39 bits per heavy atom. The summed E-state index contributed by atoms with van der Waals surface area (Å²) < 4.78 is 11.4. The summed E-state index contributed by atoms with van der Waals surface area (Å²) in [6.07, 6.45) is 0. The number of halogens is 1. The van der Waals surface area contributed by atoms with Crippen LogP contribution in [0.4, 0.5) is 0 Å². The fourth-order valence-corrected chi connectivity index (χ4v) is 4.91. The molecule has 2 heterocycles. The summed E-state index contributed by atoms with van der Waals surface area (Å²) in [6.45, 7) is 2.16. The summed E-state index contributed by atoms with van der Waals surface area (Å²) in [5.74, 6) is 0.137. The van der Waals surface area contributed by atoms with Crippen molar-refractivity contribution in [1.29, 1.82) is 0 Å². The zero-order chi connectivity index (χ0) is 22.7. The Balaban J connectivity index is 1.67. The van der Waals surface area contributed by atoms with Crippen LogP contribution in [0.1, 0.15) is 24.0 Å². The maximum atomic E-state index is 12.8. The minimum Gasteiger partial charge on any atom is -0.419 e. The largest absolute Gasteiger partial charge is 0.419 e. The van der Waals surface area contributed by atoms with Crippen LogP contribution in [-0.2, 0) is 0 Å². The van der Waals surface area contributed by atoms with E-state index in [2.05, 4.69) is 25.1 Å². The Bertz CT molecular complexity index is 1710. The van der Waals surface area contributed by atoms with Crippen LogP contribution in [0.2, 0.25) is 5.02 Å². The van der Waals surface area contributed by atoms with Crippen molar-refractivity contribution in [3.63, 3.8) is 0 Å². The lowest BCUT2D eigenvalue weighted by Gasteiger charge is -2.30. The molecule has 2 bridgehead atoms. The highest BCUT2D eigenvalue weighted by atomic mass is 35.5. The highest BCUT2D eigenvalue weighted by Gasteiger charge is 2.33. The van der Waals surface area contributed by atoms with E-state index in [0.29, 0.717) is 21.4 Å². The fraction of sp³-hybridized carbons (Fsp3) is 0.0714. The lowest BCUT2D eigenvalue weighted by Crippen LogP contribution is -2.09. The van der Waals surface area contributed by atoms with Gasteiger partial charge in [-0.2, -0.15) is 0 Å². The van der Waals surface area contributed by atoms with Crippen molar-refractivity contribution < 1.29 is 8.83 Å². The third-order valence-electron chi connectivity index (χ3n) is 6.33. The van der Waals surface area contributed by atoms with Gasteiger partial charge in [0.15, 0.2) is 11.2 Å². The zero-order valence-corrected chi connectivity index (χ0v) is 18.3. The molecule has 0 saturated heterocycles. The molecular formula is C28H17ClO4. The van der Waals surface area contributed by atoms with E-state index < -0.39 is 11.3 Å². The molecule has 0 fully saturated rings. The zero-order valence-electron chi connectivity index (χ0n) is 17.6. The van der Waals surface area contributed by atoms with Crippen molar-refractivity contribution in [2.24, 2.45) is 0 Å². The Kier molecular flexibility index (Phi) is 4.39. The lowest BCUT2D eigenvalue weighted by atomic mass is 9.74. The van der Waals surface area contributed by atoms with Gasteiger partial charge < -0.3 is 8.83 Å². The van der Waals surface area contributed by atoms with Crippen LogP contribution < -0.4 is 11.3 Å². The number of fused-ring (bicyclic) bond motifs is 8. The van der Waals surface area contributed by atoms with Gasteiger partial charge in [0, 0.05) is 23.1 Å². The molecule has 6 aromatic rings. The summed E-state index contributed by atoms with van der Waals surface area (Å²) in [6, 6.07) is 24.0. The number of hydrogen-bond acceptors (Lipinski definition) is 4. The van der Waals surface area contributed by atoms with Crippen molar-refractivity contribution in [2.45, 2.75) is 12.8 Å². The Morgan fingerprint density at radius 3 is 2.09 bits per heavy atom. The van der Waals surface area contributed by atoms with Crippen LogP contribution >= 0.6 is 11.6 Å². The maximum Gasteiger partial charge on any atom is 0.343 e. The van der Waals surface area contributed by atoms with Crippen LogP contribution in [0.3, 0.4) is 0 Å². The van der Waals surface area contributed by atoms with Crippen molar-refractivity contribution in [2.75, 3.05) is 0 Å². The average Bonchev–Trinajstić information content (AvgIpc) is 2.82. The summed E-state index contributed by atoms with van der Waals surface area (Å²) in [7, 11) is 0. The second-order valence-electron chi connectivity index (χ2n) is 8.19. The number of rotatable bonds is 2. The van der Waals surface area contributed by atoms with E-state index >= 15 is 0 Å². The Morgan fingerprint density at radius 1 is 0.727 bits per heavy atom. The summed E-state index contributed by atoms with van der Waals surface area (Å²) >= 11 is 6.71. The molecule has 0 saturated carbocycles. The second kappa shape index (κ2) is 7.32. The van der Waals surface area contributed by atoms with E-state index in [4.69, 9.17) is 20.4 Å². The van der Waals surface area contributed by atoms with E-state index in [1.807, 2.05) is 30.3 Å². The van der Waals surface area contributed by atoms with Crippen molar-refractivity contribution in [3.05, 3.63) is 116 Å². The number of benzene rings is 4. The van der Waals surface area contributed by atoms with Gasteiger partial charge >= 0.3 is 11.3 Å². The maximum absolute atomic E-state index is 12.8. The first kappa shape index (κ1) is 19.8. The van der Waals surface area contributed by atoms with Gasteiger partial charge in [-0.15, -0.1) is 0 Å². The molecule has 2 aromatic heterocycles. The van der Waals surface area contributed by atoms with Gasteiger partial charge in [-0.05, 0) is 46.5 Å². The van der Waals surface area contributed by atoms with E-state index in [0.717, 1.165) is 22.3 Å². The molecule has 0 aliphatic heterocycles. The molecule has 33 heavy (non-hydrogen) atoms. The smallest absolute Gasteiger partial charge is 0.343 e. The Hall–Kier alpha value is -3.89. The molecule has 1 aliphatic rings. The van der Waals surface area contributed by atoms with Crippen molar-refractivity contribution in [1.82, 2.24) is 0 Å². The van der Waals surface area contributed by atoms with E-state index in [9.17, 15) is 9.59 Å². The van der Waals surface area contributed by atoms with E-state index in [1.54, 1.807) is 30.3 Å². The topological polar surface area (TPSA) is 60.4 Å². The van der Waals surface area contributed by atoms with Gasteiger partial charge in [0.25, 0.3) is 0 Å². The minimum absolute atomic E-state index is 0.131. The van der Waals surface area contributed by atoms with Crippen molar-refractivity contribution in [3.8, 4) is 22.3 Å². The third kappa shape index (κ3) is 2.99. The summed E-state index contributed by atoms with van der Waals surface area (Å²) in [5.41, 5.74) is 5.04. The van der Waals surface area contributed by atoms with Gasteiger partial charge in [-0.25, -0.2) is 9.59 Å². The van der Waals surface area contributed by atoms with Crippen LogP contribution in [0.25, 0.3) is 44.2 Å². The quantitative estimate of drug-likeness (QED) is 0.286. The summed E-state index contributed by atoms with van der Waals surface area (Å²) in [4.78, 5) is 25.5. The van der Waals surface area contributed by atoms with Gasteiger partial charge in [0.2, 0.25) is 0 Å². The summed E-state index contributed by atoms with van der Waals surface area (Å²) in [5, 5.41) is 1.14. The van der Waals surface area contributed by atoms with Crippen LogP contribution in [-0.4, -0.2) is 0 Å². The highest BCUT2D eigenvalue weighted by Crippen LogP contribution is 2.56. The first-order valence-electron chi connectivity index (χ1n) is 10.6. The molecule has 1 unspecified atom stereocenters. The minimum atomic E-state index is -0.539. The highest BCUT2D eigenvalue weighted by molar-refractivity contribution is 6.37. The van der Waals surface area contributed by atoms with Crippen LogP contribution in [0, 0.1) is 0 Å². The van der Waals surface area contributed by atoms with Crippen molar-refractivity contribution >= 4 is 33.5 Å². The first-order chi connectivity index (χ1) is 16.0. The average molecular weight is 453 g/mol. The Labute approximate surface area is 193 Å². The lowest BCUT2D eigenvalue weighted by molar-refractivity contribution is 0.533. The molecule has 0 N–H and O–H groups in total.